The third-order valence-electron chi connectivity index (χ3n) is 3.51. The first-order chi connectivity index (χ1) is 10.2. The Kier molecular flexibility index (Phi) is 4.06. The SMILES string of the molecule is CN(C)c1cccc(Oc2ccnc(CNC3CC3)c2)c1. The van der Waals surface area contributed by atoms with Crippen LogP contribution in [0.15, 0.2) is 42.6 Å². The fourth-order valence-electron chi connectivity index (χ4n) is 2.11. The van der Waals surface area contributed by atoms with Crippen LogP contribution in [-0.2, 0) is 6.54 Å². The summed E-state index contributed by atoms with van der Waals surface area (Å²) in [5, 5.41) is 3.46. The normalized spacial score (nSPS) is 14.0. The van der Waals surface area contributed by atoms with Gasteiger partial charge in [-0.2, -0.15) is 0 Å². The summed E-state index contributed by atoms with van der Waals surface area (Å²) in [7, 11) is 4.04. The number of rotatable bonds is 6. The second-order valence-corrected chi connectivity index (χ2v) is 5.63. The molecule has 0 atom stereocenters. The summed E-state index contributed by atoms with van der Waals surface area (Å²) in [6.07, 6.45) is 4.37. The zero-order chi connectivity index (χ0) is 14.7. The van der Waals surface area contributed by atoms with Crippen molar-refractivity contribution in [3.63, 3.8) is 0 Å². The monoisotopic (exact) mass is 283 g/mol. The first-order valence-corrected chi connectivity index (χ1v) is 7.34. The van der Waals surface area contributed by atoms with Gasteiger partial charge in [-0.3, -0.25) is 4.98 Å². The van der Waals surface area contributed by atoms with E-state index in [-0.39, 0.29) is 0 Å². The number of aromatic nitrogens is 1. The Morgan fingerprint density at radius 2 is 2.00 bits per heavy atom. The summed E-state index contributed by atoms with van der Waals surface area (Å²) >= 11 is 0. The van der Waals surface area contributed by atoms with Crippen LogP contribution in [0, 0.1) is 0 Å². The molecule has 2 aromatic rings. The van der Waals surface area contributed by atoms with Gasteiger partial charge in [0.1, 0.15) is 11.5 Å². The van der Waals surface area contributed by atoms with E-state index in [0.29, 0.717) is 6.04 Å². The maximum Gasteiger partial charge on any atom is 0.130 e. The second-order valence-electron chi connectivity index (χ2n) is 5.63. The fraction of sp³-hybridized carbons (Fsp3) is 0.353. The van der Waals surface area contributed by atoms with Crippen LogP contribution in [0.25, 0.3) is 0 Å². The summed E-state index contributed by atoms with van der Waals surface area (Å²) in [4.78, 5) is 6.44. The summed E-state index contributed by atoms with van der Waals surface area (Å²) in [6, 6.07) is 12.6. The van der Waals surface area contributed by atoms with Crippen LogP contribution < -0.4 is 15.0 Å². The Morgan fingerprint density at radius 1 is 1.19 bits per heavy atom. The molecule has 1 aliphatic carbocycles. The van der Waals surface area contributed by atoms with Crippen molar-refractivity contribution in [2.24, 2.45) is 0 Å². The average molecular weight is 283 g/mol. The van der Waals surface area contributed by atoms with Crippen molar-refractivity contribution in [3.8, 4) is 11.5 Å². The predicted octanol–water partition coefficient (Wildman–Crippen LogP) is 3.19. The molecule has 0 spiro atoms. The van der Waals surface area contributed by atoms with Gasteiger partial charge in [0, 0.05) is 50.7 Å². The third kappa shape index (κ3) is 3.95. The maximum atomic E-state index is 5.94. The number of benzene rings is 1. The van der Waals surface area contributed by atoms with Crippen LogP contribution >= 0.6 is 0 Å². The van der Waals surface area contributed by atoms with E-state index in [1.54, 1.807) is 6.20 Å². The van der Waals surface area contributed by atoms with Crippen LogP contribution in [0.4, 0.5) is 5.69 Å². The zero-order valence-corrected chi connectivity index (χ0v) is 12.5. The highest BCUT2D eigenvalue weighted by Gasteiger charge is 2.20. The first kappa shape index (κ1) is 13.9. The molecule has 4 nitrogen and oxygen atoms in total. The van der Waals surface area contributed by atoms with Crippen molar-refractivity contribution in [3.05, 3.63) is 48.3 Å². The van der Waals surface area contributed by atoms with Crippen LogP contribution in [0.5, 0.6) is 11.5 Å². The molecule has 0 amide bonds. The number of hydrogen-bond acceptors (Lipinski definition) is 4. The van der Waals surface area contributed by atoms with Crippen molar-refractivity contribution in [2.75, 3.05) is 19.0 Å². The van der Waals surface area contributed by atoms with Crippen LogP contribution in [0.2, 0.25) is 0 Å². The highest BCUT2D eigenvalue weighted by Crippen LogP contribution is 2.25. The largest absolute Gasteiger partial charge is 0.457 e. The Balaban J connectivity index is 1.68. The molecule has 1 aromatic heterocycles. The Bertz CT molecular complexity index is 608. The van der Waals surface area contributed by atoms with E-state index in [9.17, 15) is 0 Å². The number of hydrogen-bond donors (Lipinski definition) is 1. The van der Waals surface area contributed by atoms with Gasteiger partial charge in [0.15, 0.2) is 0 Å². The molecule has 0 unspecified atom stereocenters. The molecular formula is C17H21N3O. The number of ether oxygens (including phenoxy) is 1. The van der Waals surface area contributed by atoms with Gasteiger partial charge in [-0.15, -0.1) is 0 Å². The quantitative estimate of drug-likeness (QED) is 0.883. The number of nitrogens with one attached hydrogen (secondary N) is 1. The smallest absolute Gasteiger partial charge is 0.130 e. The molecule has 4 heteroatoms. The van der Waals surface area contributed by atoms with E-state index in [0.717, 1.165) is 29.4 Å². The summed E-state index contributed by atoms with van der Waals surface area (Å²) in [5.41, 5.74) is 2.14. The molecule has 1 aromatic carbocycles. The lowest BCUT2D eigenvalue weighted by molar-refractivity contribution is 0.480. The Hall–Kier alpha value is -2.07. The lowest BCUT2D eigenvalue weighted by Crippen LogP contribution is -2.16. The maximum absolute atomic E-state index is 5.94. The van der Waals surface area contributed by atoms with Gasteiger partial charge in [-0.1, -0.05) is 6.07 Å². The highest BCUT2D eigenvalue weighted by atomic mass is 16.5. The fourth-order valence-corrected chi connectivity index (χ4v) is 2.11. The molecule has 1 N–H and O–H groups in total. The molecule has 0 bridgehead atoms. The molecule has 1 heterocycles. The van der Waals surface area contributed by atoms with Gasteiger partial charge in [0.25, 0.3) is 0 Å². The summed E-state index contributed by atoms with van der Waals surface area (Å²) in [5.74, 6) is 1.67. The zero-order valence-electron chi connectivity index (χ0n) is 12.5. The number of nitrogens with zero attached hydrogens (tertiary/aromatic N) is 2. The van der Waals surface area contributed by atoms with Crippen LogP contribution in [0.3, 0.4) is 0 Å². The third-order valence-corrected chi connectivity index (χ3v) is 3.51. The van der Waals surface area contributed by atoms with Gasteiger partial charge >= 0.3 is 0 Å². The summed E-state index contributed by atoms with van der Waals surface area (Å²) in [6.45, 7) is 0.805. The standard InChI is InChI=1S/C17H21N3O/c1-20(2)15-4-3-5-16(11-15)21-17-8-9-18-14(10-17)12-19-13-6-7-13/h3-5,8-11,13,19H,6-7,12H2,1-2H3. The van der Waals surface area contributed by atoms with E-state index in [2.05, 4.69) is 21.3 Å². The molecule has 0 aliphatic heterocycles. The van der Waals surface area contributed by atoms with E-state index >= 15 is 0 Å². The minimum Gasteiger partial charge on any atom is -0.457 e. The Labute approximate surface area is 125 Å². The van der Waals surface area contributed by atoms with Crippen molar-refractivity contribution < 1.29 is 4.74 Å². The molecule has 21 heavy (non-hydrogen) atoms. The predicted molar refractivity (Wildman–Crippen MR) is 84.9 cm³/mol. The van der Waals surface area contributed by atoms with Gasteiger partial charge < -0.3 is 15.0 Å². The van der Waals surface area contributed by atoms with Crippen LogP contribution in [-0.4, -0.2) is 25.1 Å². The van der Waals surface area contributed by atoms with E-state index < -0.39 is 0 Å². The molecule has 0 radical (unpaired) electrons. The molecule has 1 aliphatic rings. The lowest BCUT2D eigenvalue weighted by atomic mass is 10.3. The molecule has 1 fully saturated rings. The molecule has 1 saturated carbocycles. The Morgan fingerprint density at radius 3 is 2.76 bits per heavy atom. The molecule has 110 valence electrons. The molecule has 0 saturated heterocycles. The van der Waals surface area contributed by atoms with Gasteiger partial charge in [-0.25, -0.2) is 0 Å². The van der Waals surface area contributed by atoms with Gasteiger partial charge in [0.05, 0.1) is 5.69 Å². The topological polar surface area (TPSA) is 37.4 Å². The van der Waals surface area contributed by atoms with Crippen molar-refractivity contribution in [2.45, 2.75) is 25.4 Å². The van der Waals surface area contributed by atoms with Crippen LogP contribution in [0.1, 0.15) is 18.5 Å². The second kappa shape index (κ2) is 6.14. The van der Waals surface area contributed by atoms with Crippen molar-refractivity contribution in [1.29, 1.82) is 0 Å². The minimum absolute atomic E-state index is 0.688. The van der Waals surface area contributed by atoms with Gasteiger partial charge in [-0.05, 0) is 31.0 Å². The number of pyridine rings is 1. The van der Waals surface area contributed by atoms with Crippen molar-refractivity contribution in [1.82, 2.24) is 10.3 Å². The van der Waals surface area contributed by atoms with Gasteiger partial charge in [0.2, 0.25) is 0 Å². The first-order valence-electron chi connectivity index (χ1n) is 7.34. The molecule has 3 rings (SSSR count). The molecular weight excluding hydrogens is 262 g/mol. The van der Waals surface area contributed by atoms with E-state index in [4.69, 9.17) is 4.74 Å². The van der Waals surface area contributed by atoms with E-state index in [1.807, 2.05) is 44.4 Å². The van der Waals surface area contributed by atoms with Crippen molar-refractivity contribution >= 4 is 5.69 Å². The highest BCUT2D eigenvalue weighted by molar-refractivity contribution is 5.50. The van der Waals surface area contributed by atoms with E-state index in [1.165, 1.54) is 12.8 Å². The summed E-state index contributed by atoms with van der Waals surface area (Å²) < 4.78 is 5.94. The minimum atomic E-state index is 0.688. The lowest BCUT2D eigenvalue weighted by Gasteiger charge is -2.14. The number of anilines is 1. The average Bonchev–Trinajstić information content (AvgIpc) is 3.30.